The van der Waals surface area contributed by atoms with Crippen LogP contribution in [0.2, 0.25) is 0 Å². The third-order valence-corrected chi connectivity index (χ3v) is 2.10. The van der Waals surface area contributed by atoms with Crippen molar-refractivity contribution >= 4 is 0 Å². The SMILES string of the molecule is CCCNCc1ccccc1.CCNCC. The van der Waals surface area contributed by atoms with E-state index in [1.54, 1.807) is 0 Å². The lowest BCUT2D eigenvalue weighted by atomic mass is 10.2. The van der Waals surface area contributed by atoms with Crippen molar-refractivity contribution in [2.24, 2.45) is 0 Å². The molecule has 0 aromatic heterocycles. The van der Waals surface area contributed by atoms with Crippen LogP contribution in [0.5, 0.6) is 0 Å². The topological polar surface area (TPSA) is 24.1 Å². The third kappa shape index (κ3) is 9.69. The van der Waals surface area contributed by atoms with Crippen molar-refractivity contribution < 1.29 is 0 Å². The monoisotopic (exact) mass is 222 g/mol. The summed E-state index contributed by atoms with van der Waals surface area (Å²) in [6, 6.07) is 10.5. The predicted octanol–water partition coefficient (Wildman–Crippen LogP) is 2.80. The number of nitrogens with one attached hydrogen (secondary N) is 2. The highest BCUT2D eigenvalue weighted by molar-refractivity contribution is 5.14. The van der Waals surface area contributed by atoms with E-state index in [0.29, 0.717) is 0 Å². The Morgan fingerprint density at radius 3 is 1.94 bits per heavy atom. The Morgan fingerprint density at radius 2 is 1.50 bits per heavy atom. The maximum absolute atomic E-state index is 3.35. The molecule has 0 radical (unpaired) electrons. The molecule has 0 fully saturated rings. The second-order valence-electron chi connectivity index (χ2n) is 3.62. The molecule has 0 saturated heterocycles. The van der Waals surface area contributed by atoms with Crippen LogP contribution in [0, 0.1) is 0 Å². The lowest BCUT2D eigenvalue weighted by Gasteiger charge is -2.01. The van der Waals surface area contributed by atoms with E-state index in [-0.39, 0.29) is 0 Å². The number of hydrogen-bond donors (Lipinski definition) is 2. The molecular weight excluding hydrogens is 196 g/mol. The highest BCUT2D eigenvalue weighted by Gasteiger charge is 1.87. The Bertz CT molecular complexity index is 219. The van der Waals surface area contributed by atoms with Gasteiger partial charge in [0.2, 0.25) is 0 Å². The third-order valence-electron chi connectivity index (χ3n) is 2.10. The molecule has 1 aromatic carbocycles. The van der Waals surface area contributed by atoms with Gasteiger partial charge in [-0.2, -0.15) is 0 Å². The van der Waals surface area contributed by atoms with Crippen LogP contribution in [0.1, 0.15) is 32.8 Å². The summed E-state index contributed by atoms with van der Waals surface area (Å²) >= 11 is 0. The van der Waals surface area contributed by atoms with E-state index in [1.165, 1.54) is 12.0 Å². The zero-order chi connectivity index (χ0) is 12.1. The van der Waals surface area contributed by atoms with Gasteiger partial charge in [0.25, 0.3) is 0 Å². The molecule has 0 spiro atoms. The van der Waals surface area contributed by atoms with Crippen LogP contribution in [0.3, 0.4) is 0 Å². The molecular formula is C14H26N2. The quantitative estimate of drug-likeness (QED) is 0.723. The summed E-state index contributed by atoms with van der Waals surface area (Å²) in [5.41, 5.74) is 1.36. The van der Waals surface area contributed by atoms with Crippen molar-refractivity contribution in [2.75, 3.05) is 19.6 Å². The fourth-order valence-corrected chi connectivity index (χ4v) is 1.26. The van der Waals surface area contributed by atoms with Gasteiger partial charge in [-0.25, -0.2) is 0 Å². The van der Waals surface area contributed by atoms with Crippen LogP contribution in [0.25, 0.3) is 0 Å². The molecule has 1 rings (SSSR count). The van der Waals surface area contributed by atoms with Crippen LogP contribution >= 0.6 is 0 Å². The zero-order valence-electron chi connectivity index (χ0n) is 10.9. The van der Waals surface area contributed by atoms with Crippen LogP contribution in [-0.2, 0) is 6.54 Å². The summed E-state index contributed by atoms with van der Waals surface area (Å²) in [5, 5.41) is 6.46. The van der Waals surface area contributed by atoms with Crippen LogP contribution in [-0.4, -0.2) is 19.6 Å². The van der Waals surface area contributed by atoms with Crippen molar-refractivity contribution in [1.29, 1.82) is 0 Å². The molecule has 0 aliphatic carbocycles. The summed E-state index contributed by atoms with van der Waals surface area (Å²) in [4.78, 5) is 0. The molecule has 92 valence electrons. The molecule has 0 atom stereocenters. The fraction of sp³-hybridized carbons (Fsp3) is 0.571. The lowest BCUT2D eigenvalue weighted by Crippen LogP contribution is -2.13. The summed E-state index contributed by atoms with van der Waals surface area (Å²) in [6.45, 7) is 10.7. The molecule has 2 heteroatoms. The van der Waals surface area contributed by atoms with E-state index in [0.717, 1.165) is 26.2 Å². The maximum Gasteiger partial charge on any atom is 0.0205 e. The van der Waals surface area contributed by atoms with Crippen LogP contribution in [0.4, 0.5) is 0 Å². The molecule has 0 bridgehead atoms. The largest absolute Gasteiger partial charge is 0.317 e. The van der Waals surface area contributed by atoms with Gasteiger partial charge in [0.05, 0.1) is 0 Å². The second-order valence-corrected chi connectivity index (χ2v) is 3.62. The Balaban J connectivity index is 0.000000385. The van der Waals surface area contributed by atoms with E-state index in [4.69, 9.17) is 0 Å². The molecule has 0 aliphatic rings. The standard InChI is InChI=1S/C10H15N.C4H11N/c1-2-8-11-9-10-6-4-3-5-7-10;1-3-5-4-2/h3-7,11H,2,8-9H2,1H3;5H,3-4H2,1-2H3. The Labute approximate surface area is 100 Å². The maximum atomic E-state index is 3.35. The van der Waals surface area contributed by atoms with Crippen LogP contribution < -0.4 is 10.6 Å². The van der Waals surface area contributed by atoms with Crippen molar-refractivity contribution in [3.05, 3.63) is 35.9 Å². The van der Waals surface area contributed by atoms with Gasteiger partial charge in [0, 0.05) is 6.54 Å². The van der Waals surface area contributed by atoms with Crippen molar-refractivity contribution in [2.45, 2.75) is 33.7 Å². The Kier molecular flexibility index (Phi) is 11.6. The number of rotatable bonds is 6. The average Bonchev–Trinajstić information content (AvgIpc) is 2.33. The Hall–Kier alpha value is -0.860. The fourth-order valence-electron chi connectivity index (χ4n) is 1.26. The molecule has 1 aromatic rings. The number of hydrogen-bond acceptors (Lipinski definition) is 2. The minimum Gasteiger partial charge on any atom is -0.317 e. The van der Waals surface area contributed by atoms with E-state index < -0.39 is 0 Å². The smallest absolute Gasteiger partial charge is 0.0205 e. The van der Waals surface area contributed by atoms with Crippen molar-refractivity contribution in [3.8, 4) is 0 Å². The van der Waals surface area contributed by atoms with E-state index in [2.05, 4.69) is 55.7 Å². The molecule has 0 aliphatic heterocycles. The highest BCUT2D eigenvalue weighted by Crippen LogP contribution is 1.96. The minimum absolute atomic E-state index is 0.995. The molecule has 16 heavy (non-hydrogen) atoms. The van der Waals surface area contributed by atoms with Crippen molar-refractivity contribution in [3.63, 3.8) is 0 Å². The molecule has 0 heterocycles. The first kappa shape index (κ1) is 15.1. The summed E-state index contributed by atoms with van der Waals surface area (Å²) in [5.74, 6) is 0. The van der Waals surface area contributed by atoms with Crippen molar-refractivity contribution in [1.82, 2.24) is 10.6 Å². The lowest BCUT2D eigenvalue weighted by molar-refractivity contribution is 0.675. The molecule has 2 N–H and O–H groups in total. The first-order valence-corrected chi connectivity index (χ1v) is 6.30. The van der Waals surface area contributed by atoms with E-state index in [9.17, 15) is 0 Å². The van der Waals surface area contributed by atoms with Gasteiger partial charge in [-0.3, -0.25) is 0 Å². The van der Waals surface area contributed by atoms with Crippen LogP contribution in [0.15, 0.2) is 30.3 Å². The molecule has 0 amide bonds. The Morgan fingerprint density at radius 1 is 0.875 bits per heavy atom. The van der Waals surface area contributed by atoms with Gasteiger partial charge in [0.15, 0.2) is 0 Å². The van der Waals surface area contributed by atoms with Gasteiger partial charge in [-0.15, -0.1) is 0 Å². The first-order valence-electron chi connectivity index (χ1n) is 6.30. The minimum atomic E-state index is 0.995. The summed E-state index contributed by atoms with van der Waals surface area (Å²) in [6.07, 6.45) is 1.20. The van der Waals surface area contributed by atoms with E-state index >= 15 is 0 Å². The highest BCUT2D eigenvalue weighted by atomic mass is 14.8. The van der Waals surface area contributed by atoms with Gasteiger partial charge < -0.3 is 10.6 Å². The first-order chi connectivity index (χ1) is 7.85. The normalized spacial score (nSPS) is 9.44. The molecule has 0 unspecified atom stereocenters. The molecule has 0 saturated carbocycles. The number of benzene rings is 1. The zero-order valence-corrected chi connectivity index (χ0v) is 10.9. The summed E-state index contributed by atoms with van der Waals surface area (Å²) < 4.78 is 0. The van der Waals surface area contributed by atoms with Gasteiger partial charge >= 0.3 is 0 Å². The van der Waals surface area contributed by atoms with Gasteiger partial charge in [0.1, 0.15) is 0 Å². The molecule has 2 nitrogen and oxygen atoms in total. The predicted molar refractivity (Wildman–Crippen MR) is 72.7 cm³/mol. The van der Waals surface area contributed by atoms with E-state index in [1.807, 2.05) is 6.07 Å². The summed E-state index contributed by atoms with van der Waals surface area (Å²) in [7, 11) is 0. The second kappa shape index (κ2) is 12.2. The average molecular weight is 222 g/mol. The van der Waals surface area contributed by atoms with Gasteiger partial charge in [-0.05, 0) is 31.6 Å². The van der Waals surface area contributed by atoms with Gasteiger partial charge in [-0.1, -0.05) is 51.1 Å².